The molecule has 0 bridgehead atoms. The predicted molar refractivity (Wildman–Crippen MR) is 75.9 cm³/mol. The Labute approximate surface area is 110 Å². The summed E-state index contributed by atoms with van der Waals surface area (Å²) >= 11 is 0. The lowest BCUT2D eigenvalue weighted by molar-refractivity contribution is 0.226. The van der Waals surface area contributed by atoms with Gasteiger partial charge < -0.3 is 15.3 Å². The van der Waals surface area contributed by atoms with Crippen LogP contribution in [0.1, 0.15) is 18.4 Å². The van der Waals surface area contributed by atoms with Gasteiger partial charge in [0.15, 0.2) is 0 Å². The third-order valence-corrected chi connectivity index (χ3v) is 3.79. The van der Waals surface area contributed by atoms with Crippen LogP contribution in [0.4, 0.5) is 5.69 Å². The van der Waals surface area contributed by atoms with Crippen LogP contribution in [0, 0.1) is 5.92 Å². The molecule has 0 aromatic heterocycles. The Balaban J connectivity index is 1.76. The first-order chi connectivity index (χ1) is 8.78. The van der Waals surface area contributed by atoms with Gasteiger partial charge in [-0.25, -0.2) is 0 Å². The fourth-order valence-electron chi connectivity index (χ4n) is 2.45. The highest BCUT2D eigenvalue weighted by Gasteiger charge is 2.15. The molecule has 0 radical (unpaired) electrons. The molecule has 1 aliphatic rings. The van der Waals surface area contributed by atoms with Gasteiger partial charge in [0, 0.05) is 18.8 Å². The molecule has 0 spiro atoms. The number of piperidine rings is 1. The van der Waals surface area contributed by atoms with E-state index in [2.05, 4.69) is 41.5 Å². The van der Waals surface area contributed by atoms with Crippen LogP contribution >= 0.6 is 0 Å². The van der Waals surface area contributed by atoms with E-state index in [0.29, 0.717) is 0 Å². The van der Waals surface area contributed by atoms with E-state index in [1.54, 1.807) is 0 Å². The maximum Gasteiger partial charge on any atom is 0.0471 e. The van der Waals surface area contributed by atoms with Crippen LogP contribution in [0.15, 0.2) is 24.3 Å². The van der Waals surface area contributed by atoms with Gasteiger partial charge in [-0.15, -0.1) is 0 Å². The number of hydrogen-bond donors (Lipinski definition) is 2. The van der Waals surface area contributed by atoms with Gasteiger partial charge in [0.05, 0.1) is 0 Å². The third kappa shape index (κ3) is 4.00. The molecule has 0 saturated carbocycles. The Morgan fingerprint density at radius 2 is 1.89 bits per heavy atom. The van der Waals surface area contributed by atoms with E-state index < -0.39 is 0 Å². The molecule has 1 aliphatic heterocycles. The Morgan fingerprint density at radius 3 is 2.50 bits per heavy atom. The van der Waals surface area contributed by atoms with E-state index in [0.717, 1.165) is 18.9 Å². The van der Waals surface area contributed by atoms with Crippen molar-refractivity contribution in [1.29, 1.82) is 0 Å². The minimum Gasteiger partial charge on any atom is -0.396 e. The second-order valence-electron chi connectivity index (χ2n) is 5.30. The summed E-state index contributed by atoms with van der Waals surface area (Å²) < 4.78 is 0. The first-order valence-corrected chi connectivity index (χ1v) is 6.90. The minimum atomic E-state index is 0.225. The minimum absolute atomic E-state index is 0.225. The van der Waals surface area contributed by atoms with Crippen molar-refractivity contribution in [2.24, 2.45) is 5.92 Å². The van der Waals surface area contributed by atoms with E-state index in [4.69, 9.17) is 5.11 Å². The fraction of sp³-hybridized carbons (Fsp3) is 0.600. The lowest BCUT2D eigenvalue weighted by Gasteiger charge is -2.29. The van der Waals surface area contributed by atoms with Gasteiger partial charge in [-0.3, -0.25) is 0 Å². The first-order valence-electron chi connectivity index (χ1n) is 6.90. The number of nitrogens with zero attached hydrogens (tertiary/aromatic N) is 1. The molecule has 1 heterocycles. The largest absolute Gasteiger partial charge is 0.396 e. The lowest BCUT2D eigenvalue weighted by Crippen LogP contribution is -2.32. The third-order valence-electron chi connectivity index (χ3n) is 3.79. The molecule has 3 nitrogen and oxygen atoms in total. The molecular formula is C15H24N2O. The molecule has 18 heavy (non-hydrogen) atoms. The Hall–Kier alpha value is -1.06. The highest BCUT2D eigenvalue weighted by atomic mass is 16.2. The molecule has 0 atom stereocenters. The molecular weight excluding hydrogens is 224 g/mol. The van der Waals surface area contributed by atoms with Crippen molar-refractivity contribution in [3.63, 3.8) is 0 Å². The molecule has 1 aromatic rings. The monoisotopic (exact) mass is 248 g/mol. The number of hydrogen-bond acceptors (Lipinski definition) is 3. The van der Waals surface area contributed by atoms with E-state index in [-0.39, 0.29) is 6.61 Å². The van der Waals surface area contributed by atoms with Crippen LogP contribution in [0.2, 0.25) is 0 Å². The van der Waals surface area contributed by atoms with Crippen molar-refractivity contribution >= 4 is 5.69 Å². The maximum absolute atomic E-state index is 8.86. The normalized spacial score (nSPS) is 17.9. The fourth-order valence-corrected chi connectivity index (χ4v) is 2.45. The average molecular weight is 248 g/mol. The smallest absolute Gasteiger partial charge is 0.0471 e. The molecule has 2 N–H and O–H groups in total. The van der Waals surface area contributed by atoms with Gasteiger partial charge in [-0.1, -0.05) is 12.1 Å². The summed E-state index contributed by atoms with van der Waals surface area (Å²) in [4.78, 5) is 2.40. The Bertz CT molecular complexity index is 342. The molecule has 1 aromatic carbocycles. The summed E-state index contributed by atoms with van der Waals surface area (Å²) in [5.74, 6) is 0.804. The van der Waals surface area contributed by atoms with Crippen LogP contribution in [-0.4, -0.2) is 43.3 Å². The zero-order valence-corrected chi connectivity index (χ0v) is 11.2. The number of rotatable bonds is 5. The quantitative estimate of drug-likeness (QED) is 0.836. The van der Waals surface area contributed by atoms with Gasteiger partial charge in [-0.05, 0) is 63.0 Å². The molecule has 2 rings (SSSR count). The van der Waals surface area contributed by atoms with Crippen LogP contribution in [0.3, 0.4) is 0 Å². The summed E-state index contributed by atoms with van der Waals surface area (Å²) in [5.41, 5.74) is 2.39. The number of likely N-dealkylation sites (tertiary alicyclic amines) is 1. The van der Waals surface area contributed by atoms with Crippen LogP contribution in [-0.2, 0) is 6.42 Å². The second-order valence-corrected chi connectivity index (χ2v) is 5.30. The number of aliphatic hydroxyl groups is 1. The summed E-state index contributed by atoms with van der Waals surface area (Å²) in [7, 11) is 2.20. The van der Waals surface area contributed by atoms with Crippen LogP contribution in [0.5, 0.6) is 0 Å². The standard InChI is InChI=1S/C15H24N2O/c1-17-9-6-14(7-10-17)12-16-15-4-2-13(3-5-15)8-11-18/h2-5,14,16,18H,6-12H2,1H3. The van der Waals surface area contributed by atoms with E-state index in [1.807, 2.05) is 0 Å². The zero-order chi connectivity index (χ0) is 12.8. The molecule has 3 heteroatoms. The van der Waals surface area contributed by atoms with E-state index >= 15 is 0 Å². The second kappa shape index (κ2) is 6.76. The molecule has 0 unspecified atom stereocenters. The van der Waals surface area contributed by atoms with Gasteiger partial charge in [0.25, 0.3) is 0 Å². The topological polar surface area (TPSA) is 35.5 Å². The van der Waals surface area contributed by atoms with Crippen molar-refractivity contribution in [3.05, 3.63) is 29.8 Å². The van der Waals surface area contributed by atoms with Gasteiger partial charge in [0.1, 0.15) is 0 Å². The van der Waals surface area contributed by atoms with Crippen LogP contribution in [0.25, 0.3) is 0 Å². The van der Waals surface area contributed by atoms with Crippen molar-refractivity contribution in [1.82, 2.24) is 4.90 Å². The summed E-state index contributed by atoms with van der Waals surface area (Å²) in [5, 5.41) is 12.4. The van der Waals surface area contributed by atoms with Gasteiger partial charge in [0.2, 0.25) is 0 Å². The van der Waals surface area contributed by atoms with E-state index in [9.17, 15) is 0 Å². The predicted octanol–water partition coefficient (Wildman–Crippen LogP) is 1.98. The summed E-state index contributed by atoms with van der Waals surface area (Å²) in [6.45, 7) is 3.75. The maximum atomic E-state index is 8.86. The lowest BCUT2D eigenvalue weighted by atomic mass is 9.97. The first kappa shape index (κ1) is 13.4. The van der Waals surface area contributed by atoms with E-state index in [1.165, 1.54) is 37.2 Å². The summed E-state index contributed by atoms with van der Waals surface area (Å²) in [6.07, 6.45) is 3.34. The Morgan fingerprint density at radius 1 is 1.22 bits per heavy atom. The summed E-state index contributed by atoms with van der Waals surface area (Å²) in [6, 6.07) is 8.40. The molecule has 1 fully saturated rings. The van der Waals surface area contributed by atoms with Crippen molar-refractivity contribution in [3.8, 4) is 0 Å². The van der Waals surface area contributed by atoms with Crippen molar-refractivity contribution in [2.75, 3.05) is 38.6 Å². The van der Waals surface area contributed by atoms with Crippen LogP contribution < -0.4 is 5.32 Å². The zero-order valence-electron chi connectivity index (χ0n) is 11.2. The molecule has 100 valence electrons. The molecule has 0 amide bonds. The Kier molecular flexibility index (Phi) is 5.02. The SMILES string of the molecule is CN1CCC(CNc2ccc(CCO)cc2)CC1. The number of anilines is 1. The highest BCUT2D eigenvalue weighted by Crippen LogP contribution is 2.17. The molecule has 1 saturated heterocycles. The van der Waals surface area contributed by atoms with Crippen molar-refractivity contribution < 1.29 is 5.11 Å². The number of nitrogens with one attached hydrogen (secondary N) is 1. The van der Waals surface area contributed by atoms with Gasteiger partial charge in [-0.2, -0.15) is 0 Å². The highest BCUT2D eigenvalue weighted by molar-refractivity contribution is 5.44. The number of aliphatic hydroxyl groups excluding tert-OH is 1. The van der Waals surface area contributed by atoms with Crippen molar-refractivity contribution in [2.45, 2.75) is 19.3 Å². The molecule has 0 aliphatic carbocycles. The van der Waals surface area contributed by atoms with Gasteiger partial charge >= 0.3 is 0 Å². The number of benzene rings is 1. The average Bonchev–Trinajstić information content (AvgIpc) is 2.40.